The van der Waals surface area contributed by atoms with Crippen molar-refractivity contribution >= 4 is 29.9 Å². The van der Waals surface area contributed by atoms with Gasteiger partial charge in [-0.3, -0.25) is 9.67 Å². The Kier molecular flexibility index (Phi) is 10.3. The number of ether oxygens (including phenoxy) is 2. The van der Waals surface area contributed by atoms with Crippen LogP contribution in [0.15, 0.2) is 17.4 Å². The van der Waals surface area contributed by atoms with Crippen LogP contribution in [0.25, 0.3) is 0 Å². The lowest BCUT2D eigenvalue weighted by Crippen LogP contribution is -2.40. The van der Waals surface area contributed by atoms with Gasteiger partial charge < -0.3 is 19.7 Å². The number of hydrogen-bond acceptors (Lipinski definition) is 4. The summed E-state index contributed by atoms with van der Waals surface area (Å²) in [6, 6.07) is 0. The van der Waals surface area contributed by atoms with Crippen molar-refractivity contribution in [3.63, 3.8) is 0 Å². The summed E-state index contributed by atoms with van der Waals surface area (Å²) >= 11 is 0. The minimum atomic E-state index is 0. The molecular weight excluding hydrogens is 421 g/mol. The second-order valence-corrected chi connectivity index (χ2v) is 5.81. The number of halogens is 1. The van der Waals surface area contributed by atoms with Gasteiger partial charge in [-0.15, -0.1) is 24.0 Å². The average Bonchev–Trinajstić information content (AvgIpc) is 3.19. The lowest BCUT2D eigenvalue weighted by Gasteiger charge is -2.21. The van der Waals surface area contributed by atoms with Crippen LogP contribution in [0.4, 0.5) is 0 Å². The van der Waals surface area contributed by atoms with E-state index in [1.54, 1.807) is 7.11 Å². The third-order valence-electron chi connectivity index (χ3n) is 4.08. The number of aryl methyl sites for hydroxylation is 1. The fourth-order valence-corrected chi connectivity index (χ4v) is 2.83. The van der Waals surface area contributed by atoms with Gasteiger partial charge in [-0.1, -0.05) is 0 Å². The third-order valence-corrected chi connectivity index (χ3v) is 4.08. The number of hydrogen-bond donors (Lipinski definition) is 1. The molecule has 2 rings (SSSR count). The Morgan fingerprint density at radius 2 is 2.25 bits per heavy atom. The van der Waals surface area contributed by atoms with Crippen LogP contribution in [-0.2, 0) is 16.5 Å². The molecule has 1 atom stereocenters. The van der Waals surface area contributed by atoms with E-state index in [9.17, 15) is 0 Å². The van der Waals surface area contributed by atoms with E-state index in [1.807, 2.05) is 25.0 Å². The van der Waals surface area contributed by atoms with E-state index < -0.39 is 0 Å². The topological polar surface area (TPSA) is 63.9 Å². The molecule has 138 valence electrons. The average molecular weight is 451 g/mol. The van der Waals surface area contributed by atoms with Gasteiger partial charge in [-0.25, -0.2) is 0 Å². The van der Waals surface area contributed by atoms with Gasteiger partial charge in [0.15, 0.2) is 5.96 Å². The van der Waals surface area contributed by atoms with Crippen LogP contribution in [0.2, 0.25) is 0 Å². The molecule has 1 unspecified atom stereocenters. The van der Waals surface area contributed by atoms with Crippen LogP contribution in [0.5, 0.6) is 0 Å². The summed E-state index contributed by atoms with van der Waals surface area (Å²) in [5, 5.41) is 7.70. The maximum atomic E-state index is 5.46. The lowest BCUT2D eigenvalue weighted by molar-refractivity contribution is 0.0698. The molecule has 0 spiro atoms. The highest BCUT2D eigenvalue weighted by Crippen LogP contribution is 2.26. The first-order valence-corrected chi connectivity index (χ1v) is 8.25. The van der Waals surface area contributed by atoms with Crippen LogP contribution in [-0.4, -0.2) is 74.3 Å². The number of likely N-dealkylation sites (tertiary alicyclic amines) is 1. The smallest absolute Gasteiger partial charge is 0.193 e. The molecule has 0 saturated carbocycles. The summed E-state index contributed by atoms with van der Waals surface area (Å²) < 4.78 is 12.3. The molecule has 0 radical (unpaired) electrons. The number of guanidine groups is 1. The fraction of sp³-hybridized carbons (Fsp3) is 0.750. The molecule has 0 bridgehead atoms. The van der Waals surface area contributed by atoms with E-state index in [2.05, 4.69) is 26.5 Å². The molecule has 2 heterocycles. The zero-order chi connectivity index (χ0) is 16.5. The third kappa shape index (κ3) is 6.56. The largest absolute Gasteiger partial charge is 0.382 e. The first kappa shape index (κ1) is 21.2. The Hall–Kier alpha value is -0.870. The van der Waals surface area contributed by atoms with E-state index in [0.29, 0.717) is 19.1 Å². The molecule has 8 heteroatoms. The predicted octanol–water partition coefficient (Wildman–Crippen LogP) is 1.46. The molecule has 1 aromatic rings. The number of nitrogens with zero attached hydrogens (tertiary/aromatic N) is 4. The number of aliphatic imine (C=N–C) groups is 1. The predicted molar refractivity (Wildman–Crippen MR) is 106 cm³/mol. The summed E-state index contributed by atoms with van der Waals surface area (Å²) in [6.07, 6.45) is 6.19. The molecule has 1 N–H and O–H groups in total. The molecule has 7 nitrogen and oxygen atoms in total. The summed E-state index contributed by atoms with van der Waals surface area (Å²) in [7, 11) is 5.49. The van der Waals surface area contributed by atoms with Gasteiger partial charge in [0.05, 0.1) is 19.4 Å². The Labute approximate surface area is 161 Å². The molecule has 0 aliphatic carbocycles. The number of rotatable bonds is 8. The Bertz CT molecular complexity index is 495. The van der Waals surface area contributed by atoms with Crippen molar-refractivity contribution in [2.75, 3.05) is 53.6 Å². The van der Waals surface area contributed by atoms with Crippen LogP contribution in [0.1, 0.15) is 24.3 Å². The quantitative estimate of drug-likeness (QED) is 0.281. The van der Waals surface area contributed by atoms with Gasteiger partial charge in [0.1, 0.15) is 0 Å². The number of methoxy groups -OCH3 is 1. The van der Waals surface area contributed by atoms with Crippen molar-refractivity contribution in [1.29, 1.82) is 0 Å². The van der Waals surface area contributed by atoms with Crippen LogP contribution < -0.4 is 5.32 Å². The highest BCUT2D eigenvalue weighted by Gasteiger charge is 2.26. The van der Waals surface area contributed by atoms with Gasteiger partial charge in [0.2, 0.25) is 0 Å². The summed E-state index contributed by atoms with van der Waals surface area (Å²) in [4.78, 5) is 6.72. The van der Waals surface area contributed by atoms with Gasteiger partial charge in [-0.2, -0.15) is 5.10 Å². The fourth-order valence-electron chi connectivity index (χ4n) is 2.83. The maximum Gasteiger partial charge on any atom is 0.193 e. The molecule has 1 saturated heterocycles. The molecule has 1 aromatic heterocycles. The first-order valence-electron chi connectivity index (χ1n) is 8.25. The van der Waals surface area contributed by atoms with Gasteiger partial charge in [0.25, 0.3) is 0 Å². The highest BCUT2D eigenvalue weighted by molar-refractivity contribution is 14.0. The number of aromatic nitrogens is 2. The second-order valence-electron chi connectivity index (χ2n) is 5.81. The Balaban J connectivity index is 0.00000288. The van der Waals surface area contributed by atoms with Crippen LogP contribution in [0.3, 0.4) is 0 Å². The Morgan fingerprint density at radius 1 is 1.42 bits per heavy atom. The number of nitrogens with one attached hydrogen (secondary N) is 1. The summed E-state index contributed by atoms with van der Waals surface area (Å²) in [6.45, 7) is 4.95. The van der Waals surface area contributed by atoms with Crippen molar-refractivity contribution in [2.24, 2.45) is 12.0 Å². The van der Waals surface area contributed by atoms with Crippen LogP contribution in [0, 0.1) is 0 Å². The zero-order valence-corrected chi connectivity index (χ0v) is 17.2. The first-order chi connectivity index (χ1) is 11.2. The minimum absolute atomic E-state index is 0. The maximum absolute atomic E-state index is 5.46. The normalized spacial score (nSPS) is 17.9. The van der Waals surface area contributed by atoms with Gasteiger partial charge in [0, 0.05) is 59.6 Å². The lowest BCUT2D eigenvalue weighted by atomic mass is 10.0. The summed E-state index contributed by atoms with van der Waals surface area (Å²) in [5.74, 6) is 1.52. The SMILES string of the molecule is CN=C(NCCCOCCOC)N1CCC(c2cnn(C)c2)C1.I. The second kappa shape index (κ2) is 11.6. The zero-order valence-electron chi connectivity index (χ0n) is 14.9. The molecule has 1 aliphatic rings. The molecular formula is C16H30IN5O2. The van der Waals surface area contributed by atoms with Crippen molar-refractivity contribution in [3.05, 3.63) is 18.0 Å². The van der Waals surface area contributed by atoms with Gasteiger partial charge >= 0.3 is 0 Å². The van der Waals surface area contributed by atoms with Crippen molar-refractivity contribution in [3.8, 4) is 0 Å². The van der Waals surface area contributed by atoms with Crippen molar-refractivity contribution in [2.45, 2.75) is 18.8 Å². The molecule has 0 amide bonds. The van der Waals surface area contributed by atoms with E-state index in [4.69, 9.17) is 9.47 Å². The Morgan fingerprint density at radius 3 is 2.92 bits per heavy atom. The molecule has 1 aliphatic heterocycles. The standard InChI is InChI=1S/C16H29N5O2.HI/c1-17-16(18-6-4-8-23-10-9-22-3)21-7-5-14(13-21)15-11-19-20(2)12-15;/h11-12,14H,4-10,13H2,1-3H3,(H,17,18);1H. The van der Waals surface area contributed by atoms with Crippen LogP contribution >= 0.6 is 24.0 Å². The van der Waals surface area contributed by atoms with Crippen molar-refractivity contribution in [1.82, 2.24) is 20.0 Å². The minimum Gasteiger partial charge on any atom is -0.382 e. The van der Waals surface area contributed by atoms with E-state index in [0.717, 1.165) is 45.0 Å². The summed E-state index contributed by atoms with van der Waals surface area (Å²) in [5.41, 5.74) is 1.32. The van der Waals surface area contributed by atoms with Crippen molar-refractivity contribution < 1.29 is 9.47 Å². The molecule has 24 heavy (non-hydrogen) atoms. The van der Waals surface area contributed by atoms with E-state index in [-0.39, 0.29) is 24.0 Å². The monoisotopic (exact) mass is 451 g/mol. The van der Waals surface area contributed by atoms with E-state index in [1.165, 1.54) is 5.56 Å². The van der Waals surface area contributed by atoms with E-state index >= 15 is 0 Å². The van der Waals surface area contributed by atoms with Gasteiger partial charge in [-0.05, 0) is 18.4 Å². The molecule has 0 aromatic carbocycles. The molecule has 1 fully saturated rings. The highest BCUT2D eigenvalue weighted by atomic mass is 127.